The molecule has 0 aliphatic rings. The minimum Gasteiger partial charge on any atom is -0.385 e. The van der Waals surface area contributed by atoms with E-state index in [0.717, 1.165) is 0 Å². The average molecular weight is 196 g/mol. The van der Waals surface area contributed by atoms with Gasteiger partial charge in [0.05, 0.1) is 5.60 Å². The molecule has 0 amide bonds. The molecule has 1 aromatic heterocycles. The van der Waals surface area contributed by atoms with Gasteiger partial charge in [0.2, 0.25) is 0 Å². The molecule has 1 rings (SSSR count). The van der Waals surface area contributed by atoms with Gasteiger partial charge in [-0.3, -0.25) is 0 Å². The van der Waals surface area contributed by atoms with Crippen molar-refractivity contribution >= 4 is 0 Å². The summed E-state index contributed by atoms with van der Waals surface area (Å²) in [6.07, 6.45) is 3.92. The van der Waals surface area contributed by atoms with Crippen LogP contribution in [-0.2, 0) is 4.74 Å². The Morgan fingerprint density at radius 3 is 2.50 bits per heavy atom. The first-order valence-electron chi connectivity index (χ1n) is 4.65. The molecule has 1 atom stereocenters. The summed E-state index contributed by atoms with van der Waals surface area (Å²) in [5.41, 5.74) is 0.0605. The summed E-state index contributed by atoms with van der Waals surface area (Å²) in [5.74, 6) is 0. The van der Waals surface area contributed by atoms with E-state index in [1.807, 2.05) is 20.8 Å². The largest absolute Gasteiger partial charge is 0.385 e. The molecule has 1 N–H and O–H groups in total. The van der Waals surface area contributed by atoms with Crippen molar-refractivity contribution in [3.63, 3.8) is 0 Å². The lowest BCUT2D eigenvalue weighted by molar-refractivity contribution is -0.0985. The number of aliphatic hydroxyl groups excluding tert-OH is 1. The lowest BCUT2D eigenvalue weighted by atomic mass is 9.96. The van der Waals surface area contributed by atoms with Gasteiger partial charge in [-0.15, -0.1) is 0 Å². The predicted molar refractivity (Wildman–Crippen MR) is 52.7 cm³/mol. The summed E-state index contributed by atoms with van der Waals surface area (Å²) in [7, 11) is 0. The van der Waals surface area contributed by atoms with Crippen molar-refractivity contribution in [2.45, 2.75) is 32.5 Å². The molecule has 1 aromatic rings. The summed E-state index contributed by atoms with van der Waals surface area (Å²) in [5, 5.41) is 9.97. The topological polar surface area (TPSA) is 55.2 Å². The second-order valence-electron chi connectivity index (χ2n) is 3.61. The first-order valence-corrected chi connectivity index (χ1v) is 4.65. The highest BCUT2D eigenvalue weighted by Crippen LogP contribution is 2.27. The Bertz CT molecular complexity index is 275. The van der Waals surface area contributed by atoms with E-state index in [9.17, 15) is 5.11 Å². The molecule has 1 heterocycles. The number of rotatable bonds is 4. The molecule has 4 heteroatoms. The summed E-state index contributed by atoms with van der Waals surface area (Å²) >= 11 is 0. The molecule has 0 saturated carbocycles. The fourth-order valence-corrected chi connectivity index (χ4v) is 1.30. The molecular formula is C10H16N2O2. The molecule has 0 aliphatic heterocycles. The van der Waals surface area contributed by atoms with Crippen molar-refractivity contribution < 1.29 is 9.84 Å². The zero-order chi connectivity index (χ0) is 10.6. The van der Waals surface area contributed by atoms with Crippen LogP contribution < -0.4 is 0 Å². The highest BCUT2D eigenvalue weighted by Gasteiger charge is 2.29. The van der Waals surface area contributed by atoms with E-state index in [1.54, 1.807) is 12.4 Å². The van der Waals surface area contributed by atoms with E-state index >= 15 is 0 Å². The van der Waals surface area contributed by atoms with E-state index in [0.29, 0.717) is 12.2 Å². The average Bonchev–Trinajstić information content (AvgIpc) is 2.18. The van der Waals surface area contributed by atoms with E-state index < -0.39 is 11.7 Å². The van der Waals surface area contributed by atoms with E-state index in [4.69, 9.17) is 4.74 Å². The maximum atomic E-state index is 9.97. The minimum atomic E-state index is -0.705. The van der Waals surface area contributed by atoms with E-state index in [1.165, 1.54) is 6.33 Å². The van der Waals surface area contributed by atoms with Gasteiger partial charge in [0, 0.05) is 24.6 Å². The normalized spacial score (nSPS) is 14.0. The third kappa shape index (κ3) is 2.49. The number of nitrogens with zero attached hydrogens (tertiary/aromatic N) is 2. The molecule has 0 spiro atoms. The maximum Gasteiger partial charge on any atom is 0.115 e. The van der Waals surface area contributed by atoms with Gasteiger partial charge in [-0.05, 0) is 20.8 Å². The van der Waals surface area contributed by atoms with Gasteiger partial charge < -0.3 is 9.84 Å². The summed E-state index contributed by atoms with van der Waals surface area (Å²) in [6, 6.07) is 0. The molecule has 0 fully saturated rings. The number of hydrogen-bond donors (Lipinski definition) is 1. The van der Waals surface area contributed by atoms with Crippen molar-refractivity contribution in [1.29, 1.82) is 0 Å². The summed E-state index contributed by atoms with van der Waals surface area (Å²) in [4.78, 5) is 7.71. The fraction of sp³-hybridized carbons (Fsp3) is 0.600. The first kappa shape index (κ1) is 11.1. The monoisotopic (exact) mass is 196 g/mol. The zero-order valence-corrected chi connectivity index (χ0v) is 8.77. The van der Waals surface area contributed by atoms with Gasteiger partial charge in [0.25, 0.3) is 0 Å². The fourth-order valence-electron chi connectivity index (χ4n) is 1.30. The molecule has 0 radical (unpaired) electrons. The lowest BCUT2D eigenvalue weighted by Crippen LogP contribution is -2.32. The molecule has 0 aliphatic carbocycles. The van der Waals surface area contributed by atoms with Crippen molar-refractivity contribution in [2.75, 3.05) is 6.61 Å². The van der Waals surface area contributed by atoms with Crippen LogP contribution in [0.15, 0.2) is 18.7 Å². The van der Waals surface area contributed by atoms with Gasteiger partial charge in [-0.1, -0.05) is 0 Å². The molecule has 4 nitrogen and oxygen atoms in total. The molecular weight excluding hydrogens is 180 g/mol. The van der Waals surface area contributed by atoms with Gasteiger partial charge in [-0.2, -0.15) is 0 Å². The standard InChI is InChI=1S/C10H16N2O2/c1-4-14-10(2,3)9(13)8-5-11-7-12-6-8/h5-7,9,13H,4H2,1-3H3. The molecule has 0 saturated heterocycles. The van der Waals surface area contributed by atoms with Crippen molar-refractivity contribution in [3.05, 3.63) is 24.3 Å². The summed E-state index contributed by atoms with van der Waals surface area (Å²) < 4.78 is 5.44. The van der Waals surface area contributed by atoms with Gasteiger partial charge in [-0.25, -0.2) is 9.97 Å². The number of hydrogen-bond acceptors (Lipinski definition) is 4. The third-order valence-electron chi connectivity index (χ3n) is 2.07. The van der Waals surface area contributed by atoms with Crippen LogP contribution in [0.5, 0.6) is 0 Å². The second kappa shape index (κ2) is 4.48. The number of aromatic nitrogens is 2. The Morgan fingerprint density at radius 1 is 1.43 bits per heavy atom. The third-order valence-corrected chi connectivity index (χ3v) is 2.07. The molecule has 1 unspecified atom stereocenters. The number of aliphatic hydroxyl groups is 1. The maximum absolute atomic E-state index is 9.97. The van der Waals surface area contributed by atoms with Crippen LogP contribution >= 0.6 is 0 Å². The minimum absolute atomic E-state index is 0.567. The van der Waals surface area contributed by atoms with Crippen LogP contribution in [-0.4, -0.2) is 27.3 Å². The first-order chi connectivity index (χ1) is 6.58. The highest BCUT2D eigenvalue weighted by molar-refractivity contribution is 5.10. The summed E-state index contributed by atoms with van der Waals surface area (Å²) in [6.45, 7) is 6.15. The van der Waals surface area contributed by atoms with Crippen molar-refractivity contribution in [2.24, 2.45) is 0 Å². The molecule has 0 bridgehead atoms. The molecule has 78 valence electrons. The Hall–Kier alpha value is -1.00. The van der Waals surface area contributed by atoms with E-state index in [-0.39, 0.29) is 0 Å². The Balaban J connectivity index is 2.79. The molecule has 0 aromatic carbocycles. The van der Waals surface area contributed by atoms with Crippen molar-refractivity contribution in [3.8, 4) is 0 Å². The van der Waals surface area contributed by atoms with Gasteiger partial charge >= 0.3 is 0 Å². The SMILES string of the molecule is CCOC(C)(C)C(O)c1cncnc1. The van der Waals surface area contributed by atoms with Crippen LogP contribution in [0.1, 0.15) is 32.4 Å². The van der Waals surface area contributed by atoms with Gasteiger partial charge in [0.1, 0.15) is 12.4 Å². The van der Waals surface area contributed by atoms with Gasteiger partial charge in [0.15, 0.2) is 0 Å². The predicted octanol–water partition coefficient (Wildman–Crippen LogP) is 1.33. The Morgan fingerprint density at radius 2 is 2.00 bits per heavy atom. The number of ether oxygens (including phenoxy) is 1. The van der Waals surface area contributed by atoms with Crippen LogP contribution in [0.3, 0.4) is 0 Å². The van der Waals surface area contributed by atoms with E-state index in [2.05, 4.69) is 9.97 Å². The van der Waals surface area contributed by atoms with Crippen LogP contribution in [0, 0.1) is 0 Å². The molecule has 14 heavy (non-hydrogen) atoms. The zero-order valence-electron chi connectivity index (χ0n) is 8.77. The second-order valence-corrected chi connectivity index (χ2v) is 3.61. The quantitative estimate of drug-likeness (QED) is 0.789. The highest BCUT2D eigenvalue weighted by atomic mass is 16.5. The Kier molecular flexibility index (Phi) is 3.55. The lowest BCUT2D eigenvalue weighted by Gasteiger charge is -2.30. The van der Waals surface area contributed by atoms with Crippen LogP contribution in [0.4, 0.5) is 0 Å². The van der Waals surface area contributed by atoms with Crippen LogP contribution in [0.2, 0.25) is 0 Å². The smallest absolute Gasteiger partial charge is 0.115 e. The van der Waals surface area contributed by atoms with Crippen LogP contribution in [0.25, 0.3) is 0 Å². The Labute approximate surface area is 84.0 Å². The van der Waals surface area contributed by atoms with Crippen molar-refractivity contribution in [1.82, 2.24) is 9.97 Å².